The van der Waals surface area contributed by atoms with Gasteiger partial charge in [0, 0.05) is 24.7 Å². The predicted molar refractivity (Wildman–Crippen MR) is 166 cm³/mol. The van der Waals surface area contributed by atoms with Gasteiger partial charge in [-0.3, -0.25) is 24.0 Å². The summed E-state index contributed by atoms with van der Waals surface area (Å²) >= 11 is 12.3. The highest BCUT2D eigenvalue weighted by atomic mass is 35.5. The predicted octanol–water partition coefficient (Wildman–Crippen LogP) is 5.96. The Hall–Kier alpha value is -3.67. The second-order valence-corrected chi connectivity index (χ2v) is 13.1. The molecule has 3 aromatic carbocycles. The van der Waals surface area contributed by atoms with Gasteiger partial charge >= 0.3 is 0 Å². The molecule has 0 bridgehead atoms. The Kier molecular flexibility index (Phi) is 10.6. The second kappa shape index (κ2) is 14.2. The van der Waals surface area contributed by atoms with Gasteiger partial charge in [0.15, 0.2) is 0 Å². The number of nitrogens with zero attached hydrogens (tertiary/aromatic N) is 3. The summed E-state index contributed by atoms with van der Waals surface area (Å²) in [4.78, 5) is 39.3. The van der Waals surface area contributed by atoms with Gasteiger partial charge < -0.3 is 10.2 Å². The van der Waals surface area contributed by atoms with Crippen molar-refractivity contribution in [2.24, 2.45) is 0 Å². The molecule has 2 amide bonds. The molecule has 0 aromatic heterocycles. The van der Waals surface area contributed by atoms with Crippen LogP contribution in [0, 0.1) is 10.1 Å². The van der Waals surface area contributed by atoms with E-state index >= 15 is 0 Å². The summed E-state index contributed by atoms with van der Waals surface area (Å²) in [7, 11) is -4.29. The van der Waals surface area contributed by atoms with E-state index in [1.807, 2.05) is 0 Å². The van der Waals surface area contributed by atoms with Crippen molar-refractivity contribution in [2.45, 2.75) is 62.6 Å². The number of hydrogen-bond donors (Lipinski definition) is 1. The van der Waals surface area contributed by atoms with E-state index in [2.05, 4.69) is 5.32 Å². The summed E-state index contributed by atoms with van der Waals surface area (Å²) in [6.07, 6.45) is 4.82. The van der Waals surface area contributed by atoms with E-state index in [0.29, 0.717) is 10.6 Å². The van der Waals surface area contributed by atoms with E-state index in [9.17, 15) is 28.1 Å². The van der Waals surface area contributed by atoms with E-state index in [0.717, 1.165) is 36.4 Å². The van der Waals surface area contributed by atoms with Crippen LogP contribution in [0.5, 0.6) is 0 Å². The lowest BCUT2D eigenvalue weighted by Crippen LogP contribution is -2.53. The number of hydrogen-bond acceptors (Lipinski definition) is 6. The fourth-order valence-corrected chi connectivity index (χ4v) is 6.73. The number of carbonyl (C=O) groups is 2. The first-order valence-corrected chi connectivity index (χ1v) is 16.0. The van der Waals surface area contributed by atoms with Gasteiger partial charge in [-0.25, -0.2) is 8.42 Å². The molecular formula is C30H32Cl2N4O6S. The standard InChI is InChI=1S/C30H32Cl2N4O6S/c1-21(30(38)33-23-8-4-2-5-9-23)34(19-22-12-17-27(31)28(32)18-22)29(37)20-35(24-13-15-25(16-14-24)36(39)40)43(41,42)26-10-6-3-7-11-26/h3,6-7,10-18,21,23H,2,4-5,8-9,19-20H2,1H3,(H,33,38). The highest BCUT2D eigenvalue weighted by molar-refractivity contribution is 7.92. The average Bonchev–Trinajstić information content (AvgIpc) is 3.00. The van der Waals surface area contributed by atoms with E-state index in [4.69, 9.17) is 23.2 Å². The molecule has 43 heavy (non-hydrogen) atoms. The quantitative estimate of drug-likeness (QED) is 0.202. The van der Waals surface area contributed by atoms with Crippen LogP contribution in [0.4, 0.5) is 11.4 Å². The summed E-state index contributed by atoms with van der Waals surface area (Å²) in [5.41, 5.74) is 0.408. The number of halogens is 2. The number of amides is 2. The number of nitro groups is 1. The Balaban J connectivity index is 1.69. The van der Waals surface area contributed by atoms with Gasteiger partial charge in [-0.2, -0.15) is 0 Å². The van der Waals surface area contributed by atoms with Crippen LogP contribution in [0.15, 0.2) is 77.7 Å². The number of anilines is 1. The fraction of sp³-hybridized carbons (Fsp3) is 0.333. The Bertz CT molecular complexity index is 1570. The zero-order chi connectivity index (χ0) is 31.1. The molecule has 4 rings (SSSR count). The van der Waals surface area contributed by atoms with Gasteiger partial charge in [0.25, 0.3) is 15.7 Å². The number of non-ortho nitro benzene ring substituents is 1. The fourth-order valence-electron chi connectivity index (χ4n) is 4.98. The zero-order valence-corrected chi connectivity index (χ0v) is 25.8. The van der Waals surface area contributed by atoms with Gasteiger partial charge in [0.1, 0.15) is 12.6 Å². The summed E-state index contributed by atoms with van der Waals surface area (Å²) < 4.78 is 28.5. The summed E-state index contributed by atoms with van der Waals surface area (Å²) in [6.45, 7) is 0.876. The van der Waals surface area contributed by atoms with Crippen molar-refractivity contribution in [3.8, 4) is 0 Å². The van der Waals surface area contributed by atoms with Crippen LogP contribution in [0.1, 0.15) is 44.6 Å². The molecule has 1 saturated carbocycles. The Morgan fingerprint density at radius 2 is 1.63 bits per heavy atom. The zero-order valence-electron chi connectivity index (χ0n) is 23.5. The van der Waals surface area contributed by atoms with Crippen molar-refractivity contribution in [3.63, 3.8) is 0 Å². The molecule has 1 aliphatic rings. The average molecular weight is 648 g/mol. The number of carbonyl (C=O) groups excluding carboxylic acids is 2. The third-order valence-corrected chi connectivity index (χ3v) is 9.94. The normalized spacial score (nSPS) is 14.5. The van der Waals surface area contributed by atoms with Crippen LogP contribution in [-0.4, -0.2) is 48.7 Å². The van der Waals surface area contributed by atoms with Crippen LogP contribution in [-0.2, 0) is 26.2 Å². The van der Waals surface area contributed by atoms with Crippen molar-refractivity contribution in [1.29, 1.82) is 0 Å². The maximum atomic E-state index is 14.0. The molecule has 0 radical (unpaired) electrons. The molecule has 1 N–H and O–H groups in total. The molecule has 1 unspecified atom stereocenters. The number of nitrogens with one attached hydrogen (secondary N) is 1. The highest BCUT2D eigenvalue weighted by Crippen LogP contribution is 2.28. The van der Waals surface area contributed by atoms with Crippen molar-refractivity contribution in [1.82, 2.24) is 10.2 Å². The Morgan fingerprint density at radius 1 is 0.977 bits per heavy atom. The topological polar surface area (TPSA) is 130 Å². The molecule has 1 fully saturated rings. The Morgan fingerprint density at radius 3 is 2.23 bits per heavy atom. The first-order chi connectivity index (χ1) is 20.5. The molecule has 0 saturated heterocycles. The molecule has 0 heterocycles. The van der Waals surface area contributed by atoms with E-state index < -0.39 is 33.4 Å². The van der Waals surface area contributed by atoms with Crippen LogP contribution < -0.4 is 9.62 Å². The maximum Gasteiger partial charge on any atom is 0.269 e. The molecule has 1 aliphatic carbocycles. The van der Waals surface area contributed by atoms with E-state index in [1.165, 1.54) is 41.3 Å². The lowest BCUT2D eigenvalue weighted by molar-refractivity contribution is -0.384. The molecular weight excluding hydrogens is 615 g/mol. The van der Waals surface area contributed by atoms with Crippen molar-refractivity contribution in [2.75, 3.05) is 10.8 Å². The smallest absolute Gasteiger partial charge is 0.269 e. The maximum absolute atomic E-state index is 14.0. The van der Waals surface area contributed by atoms with Gasteiger partial charge in [-0.1, -0.05) is 66.7 Å². The third kappa shape index (κ3) is 8.04. The highest BCUT2D eigenvalue weighted by Gasteiger charge is 2.33. The van der Waals surface area contributed by atoms with Gasteiger partial charge in [-0.05, 0) is 61.7 Å². The van der Waals surface area contributed by atoms with Crippen molar-refractivity contribution >= 4 is 56.4 Å². The summed E-state index contributed by atoms with van der Waals surface area (Å²) in [5, 5.41) is 14.9. The van der Waals surface area contributed by atoms with Crippen LogP contribution in [0.25, 0.3) is 0 Å². The van der Waals surface area contributed by atoms with Crippen LogP contribution in [0.3, 0.4) is 0 Å². The number of nitro benzene ring substituents is 1. The number of rotatable bonds is 11. The second-order valence-electron chi connectivity index (χ2n) is 10.4. The lowest BCUT2D eigenvalue weighted by atomic mass is 9.95. The minimum atomic E-state index is -4.29. The van der Waals surface area contributed by atoms with Gasteiger partial charge in [0.2, 0.25) is 11.8 Å². The van der Waals surface area contributed by atoms with E-state index in [-0.39, 0.29) is 39.8 Å². The van der Waals surface area contributed by atoms with Crippen LogP contribution in [0.2, 0.25) is 10.0 Å². The molecule has 0 spiro atoms. The lowest BCUT2D eigenvalue weighted by Gasteiger charge is -2.33. The van der Waals surface area contributed by atoms with Gasteiger partial charge in [0.05, 0.1) is 25.6 Å². The molecule has 228 valence electrons. The van der Waals surface area contributed by atoms with Crippen molar-refractivity contribution < 1.29 is 22.9 Å². The molecule has 3 aromatic rings. The molecule has 1 atom stereocenters. The molecule has 0 aliphatic heterocycles. The van der Waals surface area contributed by atoms with Crippen LogP contribution >= 0.6 is 23.2 Å². The third-order valence-electron chi connectivity index (χ3n) is 7.41. The summed E-state index contributed by atoms with van der Waals surface area (Å²) in [5.74, 6) is -1.01. The van der Waals surface area contributed by atoms with Gasteiger partial charge in [-0.15, -0.1) is 0 Å². The first-order valence-electron chi connectivity index (χ1n) is 13.8. The minimum absolute atomic E-state index is 0.000643. The SMILES string of the molecule is CC(C(=O)NC1CCCCC1)N(Cc1ccc(Cl)c(Cl)c1)C(=O)CN(c1ccc([N+](=O)[O-])cc1)S(=O)(=O)c1ccccc1. The minimum Gasteiger partial charge on any atom is -0.352 e. The Labute approximate surface area is 260 Å². The van der Waals surface area contributed by atoms with Crippen molar-refractivity contribution in [3.05, 3.63) is 98.5 Å². The molecule has 13 heteroatoms. The summed E-state index contributed by atoms with van der Waals surface area (Å²) in [6, 6.07) is 16.3. The van der Waals surface area contributed by atoms with E-state index in [1.54, 1.807) is 43.3 Å². The molecule has 10 nitrogen and oxygen atoms in total. The number of benzene rings is 3. The monoisotopic (exact) mass is 646 g/mol. The first kappa shape index (κ1) is 32.2. The number of sulfonamides is 1. The largest absolute Gasteiger partial charge is 0.352 e.